The first-order valence-electron chi connectivity index (χ1n) is 11.7. The molecule has 1 aliphatic carbocycles. The lowest BCUT2D eigenvalue weighted by molar-refractivity contribution is -0.129. The number of Topliss-reactive ketones (excluding diaryl/α,β-unsaturated/α-hetero) is 1. The molecule has 33 heavy (non-hydrogen) atoms. The van der Waals surface area contributed by atoms with Crippen LogP contribution in [-0.2, 0) is 17.8 Å². The Labute approximate surface area is 202 Å². The molecular formula is C25H30BrN3O4. The quantitative estimate of drug-likeness (QED) is 0.657. The molecule has 2 aromatic rings. The van der Waals surface area contributed by atoms with Crippen LogP contribution in [0.5, 0.6) is 11.5 Å². The van der Waals surface area contributed by atoms with Crippen LogP contribution in [0.3, 0.4) is 0 Å². The molecule has 1 N–H and O–H groups in total. The fourth-order valence-electron chi connectivity index (χ4n) is 5.27. The van der Waals surface area contributed by atoms with E-state index in [1.165, 1.54) is 0 Å². The molecule has 176 valence electrons. The summed E-state index contributed by atoms with van der Waals surface area (Å²) in [4.78, 5) is 28.9. The van der Waals surface area contributed by atoms with E-state index in [-0.39, 0.29) is 17.6 Å². The summed E-state index contributed by atoms with van der Waals surface area (Å²) in [7, 11) is 3.27. The smallest absolute Gasteiger partial charge is 0.271 e. The first kappa shape index (κ1) is 22.5. The van der Waals surface area contributed by atoms with E-state index in [0.29, 0.717) is 36.8 Å². The molecular weight excluding hydrogens is 486 g/mol. The largest absolute Gasteiger partial charge is 0.493 e. The average Bonchev–Trinajstić information content (AvgIpc) is 2.96. The van der Waals surface area contributed by atoms with Gasteiger partial charge in [-0.3, -0.25) is 9.59 Å². The Bertz CT molecular complexity index is 1090. The number of halogens is 1. The minimum atomic E-state index is -0.393. The van der Waals surface area contributed by atoms with Crippen molar-refractivity contribution in [1.29, 1.82) is 0 Å². The number of fused-ring (bicyclic) bond motifs is 3. The van der Waals surface area contributed by atoms with E-state index in [2.05, 4.69) is 25.8 Å². The average molecular weight is 516 g/mol. The summed E-state index contributed by atoms with van der Waals surface area (Å²) in [6.07, 6.45) is 4.64. The number of carbonyl (C=O) groups is 2. The normalized spacial score (nSPS) is 20.3. The topological polar surface area (TPSA) is 72.8 Å². The van der Waals surface area contributed by atoms with Crippen LogP contribution >= 0.6 is 15.9 Å². The molecule has 1 saturated carbocycles. The second-order valence-corrected chi connectivity index (χ2v) is 9.95. The molecule has 0 bridgehead atoms. The Hall–Kier alpha value is -2.32. The van der Waals surface area contributed by atoms with Crippen molar-refractivity contribution in [3.8, 4) is 22.8 Å². The zero-order valence-corrected chi connectivity index (χ0v) is 20.7. The van der Waals surface area contributed by atoms with Crippen LogP contribution in [0.2, 0.25) is 0 Å². The maximum atomic E-state index is 13.9. The second kappa shape index (κ2) is 9.14. The van der Waals surface area contributed by atoms with E-state index < -0.39 is 6.04 Å². The van der Waals surface area contributed by atoms with Gasteiger partial charge in [-0.25, -0.2) is 0 Å². The Morgan fingerprint density at radius 1 is 1.06 bits per heavy atom. The Morgan fingerprint density at radius 3 is 2.52 bits per heavy atom. The van der Waals surface area contributed by atoms with Crippen LogP contribution in [0.4, 0.5) is 0 Å². The minimum absolute atomic E-state index is 0.0627. The number of rotatable bonds is 5. The highest BCUT2D eigenvalue weighted by molar-refractivity contribution is 9.10. The van der Waals surface area contributed by atoms with Crippen molar-refractivity contribution >= 4 is 27.6 Å². The lowest BCUT2D eigenvalue weighted by Gasteiger charge is -2.34. The number of nitrogens with one attached hydrogen (secondary N) is 1. The summed E-state index contributed by atoms with van der Waals surface area (Å²) in [6.45, 7) is 2.64. The summed E-state index contributed by atoms with van der Waals surface area (Å²) in [5.74, 6) is 1.63. The maximum absolute atomic E-state index is 13.9. The number of ether oxygens (including phenoxy) is 2. The Morgan fingerprint density at radius 2 is 1.82 bits per heavy atom. The third-order valence-corrected chi connectivity index (χ3v) is 7.91. The molecule has 7 nitrogen and oxygen atoms in total. The molecule has 1 amide bonds. The van der Waals surface area contributed by atoms with Crippen LogP contribution in [0.15, 0.2) is 22.7 Å². The summed E-state index contributed by atoms with van der Waals surface area (Å²) in [5, 5.41) is 3.37. The van der Waals surface area contributed by atoms with Crippen molar-refractivity contribution < 1.29 is 19.1 Å². The van der Waals surface area contributed by atoms with E-state index >= 15 is 0 Å². The first-order chi connectivity index (χ1) is 16.0. The standard InChI is InChI=1S/C25H30BrN3O4/c1-32-21-11-16-7-10-28-19(13-18(26)23(28)17(16)12-22(21)33-2)25(31)29-9-4-8-27-14-20(29)24(30)15-5-3-6-15/h11-13,15,20,27H,3-10,14H2,1-2H3. The highest BCUT2D eigenvalue weighted by atomic mass is 79.9. The van der Waals surface area contributed by atoms with Crippen molar-refractivity contribution in [2.75, 3.05) is 33.9 Å². The van der Waals surface area contributed by atoms with Gasteiger partial charge in [-0.05, 0) is 71.9 Å². The van der Waals surface area contributed by atoms with Crippen molar-refractivity contribution in [3.63, 3.8) is 0 Å². The predicted octanol–water partition coefficient (Wildman–Crippen LogP) is 3.66. The number of benzene rings is 1. The van der Waals surface area contributed by atoms with Gasteiger partial charge in [-0.2, -0.15) is 0 Å². The number of methoxy groups -OCH3 is 2. The van der Waals surface area contributed by atoms with Crippen LogP contribution in [-0.4, -0.2) is 61.1 Å². The first-order valence-corrected chi connectivity index (χ1v) is 12.5. The van der Waals surface area contributed by atoms with E-state index in [4.69, 9.17) is 9.47 Å². The molecule has 1 saturated heterocycles. The van der Waals surface area contributed by atoms with Gasteiger partial charge in [-0.15, -0.1) is 0 Å². The van der Waals surface area contributed by atoms with Gasteiger partial charge in [0, 0.05) is 35.6 Å². The molecule has 2 aliphatic heterocycles. The van der Waals surface area contributed by atoms with Gasteiger partial charge in [-0.1, -0.05) is 6.42 Å². The van der Waals surface area contributed by atoms with Crippen LogP contribution < -0.4 is 14.8 Å². The number of nitrogens with zero attached hydrogens (tertiary/aromatic N) is 2. The fourth-order valence-corrected chi connectivity index (χ4v) is 5.91. The van der Waals surface area contributed by atoms with Crippen molar-refractivity contribution in [2.24, 2.45) is 5.92 Å². The van der Waals surface area contributed by atoms with Crippen LogP contribution in [0.25, 0.3) is 11.3 Å². The second-order valence-electron chi connectivity index (χ2n) is 9.09. The molecule has 1 aromatic heterocycles. The number of aryl methyl sites for hydroxylation is 1. The van der Waals surface area contributed by atoms with Gasteiger partial charge in [0.2, 0.25) is 0 Å². The maximum Gasteiger partial charge on any atom is 0.271 e. The molecule has 2 fully saturated rings. The zero-order chi connectivity index (χ0) is 23.1. The van der Waals surface area contributed by atoms with E-state index in [1.807, 2.05) is 23.1 Å². The van der Waals surface area contributed by atoms with Gasteiger partial charge in [0.1, 0.15) is 11.7 Å². The predicted molar refractivity (Wildman–Crippen MR) is 129 cm³/mol. The molecule has 5 rings (SSSR count). The molecule has 8 heteroatoms. The lowest BCUT2D eigenvalue weighted by atomic mass is 9.79. The van der Waals surface area contributed by atoms with Gasteiger partial charge in [0.25, 0.3) is 5.91 Å². The number of ketones is 1. The number of carbonyl (C=O) groups excluding carboxylic acids is 2. The molecule has 1 aromatic carbocycles. The van der Waals surface area contributed by atoms with Crippen molar-refractivity contribution in [3.05, 3.63) is 33.9 Å². The van der Waals surface area contributed by atoms with Crippen LogP contribution in [0, 0.1) is 5.92 Å². The SMILES string of the molecule is COc1cc2c(cc1OC)-c1c(Br)cc(C(=O)N3CCCNCC3C(=O)C3CCC3)n1CC2. The highest BCUT2D eigenvalue weighted by Gasteiger charge is 2.39. The van der Waals surface area contributed by atoms with E-state index in [0.717, 1.165) is 59.9 Å². The van der Waals surface area contributed by atoms with E-state index in [1.54, 1.807) is 14.2 Å². The number of hydrogen-bond donors (Lipinski definition) is 1. The van der Waals surface area contributed by atoms with E-state index in [9.17, 15) is 9.59 Å². The van der Waals surface area contributed by atoms with Crippen LogP contribution in [0.1, 0.15) is 41.7 Å². The molecule has 1 atom stereocenters. The number of aromatic nitrogens is 1. The molecule has 3 heterocycles. The molecule has 0 spiro atoms. The molecule has 1 unspecified atom stereocenters. The highest BCUT2D eigenvalue weighted by Crippen LogP contribution is 2.43. The summed E-state index contributed by atoms with van der Waals surface area (Å²) in [6, 6.07) is 5.52. The Kier molecular flexibility index (Phi) is 6.22. The zero-order valence-electron chi connectivity index (χ0n) is 19.2. The third kappa shape index (κ3) is 3.87. The lowest BCUT2D eigenvalue weighted by Crippen LogP contribution is -2.51. The van der Waals surface area contributed by atoms with Gasteiger partial charge in [0.15, 0.2) is 17.3 Å². The number of amides is 1. The van der Waals surface area contributed by atoms with Crippen molar-refractivity contribution in [2.45, 2.75) is 44.7 Å². The van der Waals surface area contributed by atoms with Gasteiger partial charge >= 0.3 is 0 Å². The monoisotopic (exact) mass is 515 g/mol. The molecule has 3 aliphatic rings. The van der Waals surface area contributed by atoms with Crippen molar-refractivity contribution in [1.82, 2.24) is 14.8 Å². The fraction of sp³-hybridized carbons (Fsp3) is 0.520. The molecule has 0 radical (unpaired) electrons. The summed E-state index contributed by atoms with van der Waals surface area (Å²) >= 11 is 3.71. The van der Waals surface area contributed by atoms with Gasteiger partial charge in [0.05, 0.1) is 19.9 Å². The number of hydrogen-bond acceptors (Lipinski definition) is 5. The Balaban J connectivity index is 1.52. The van der Waals surface area contributed by atoms with Gasteiger partial charge < -0.3 is 24.3 Å². The third-order valence-electron chi connectivity index (χ3n) is 7.30. The minimum Gasteiger partial charge on any atom is -0.493 e. The summed E-state index contributed by atoms with van der Waals surface area (Å²) < 4.78 is 14.0. The summed E-state index contributed by atoms with van der Waals surface area (Å²) in [5.41, 5.74) is 3.79.